The predicted octanol–water partition coefficient (Wildman–Crippen LogP) is 3.50. The van der Waals surface area contributed by atoms with Gasteiger partial charge in [0.05, 0.1) is 5.25 Å². The molecular formula is C16H23N5OS. The number of imidazole rings is 1. The minimum atomic E-state index is -0.293. The van der Waals surface area contributed by atoms with Crippen LogP contribution in [-0.4, -0.2) is 30.7 Å². The number of hydrogen-bond acceptors (Lipinski definition) is 5. The molecule has 7 heteroatoms. The van der Waals surface area contributed by atoms with Gasteiger partial charge in [0.15, 0.2) is 5.16 Å². The van der Waals surface area contributed by atoms with Gasteiger partial charge in [-0.25, -0.2) is 15.0 Å². The molecule has 23 heavy (non-hydrogen) atoms. The number of aromatic nitrogens is 4. The Labute approximate surface area is 141 Å². The molecule has 0 saturated heterocycles. The summed E-state index contributed by atoms with van der Waals surface area (Å²) in [6.07, 6.45) is 5.10. The third kappa shape index (κ3) is 4.31. The Morgan fingerprint density at radius 1 is 1.13 bits per heavy atom. The maximum Gasteiger partial charge on any atom is 0.240 e. The van der Waals surface area contributed by atoms with Gasteiger partial charge in [0, 0.05) is 30.3 Å². The molecule has 0 spiro atoms. The van der Waals surface area contributed by atoms with Gasteiger partial charge in [-0.15, -0.1) is 0 Å². The first kappa shape index (κ1) is 17.5. The molecule has 0 radical (unpaired) electrons. The van der Waals surface area contributed by atoms with Crippen molar-refractivity contribution < 1.29 is 4.79 Å². The molecule has 2 aromatic heterocycles. The van der Waals surface area contributed by atoms with Gasteiger partial charge in [-0.05, 0) is 32.8 Å². The average Bonchev–Trinajstić information content (AvgIpc) is 2.92. The van der Waals surface area contributed by atoms with Crippen molar-refractivity contribution in [3.05, 3.63) is 30.4 Å². The Bertz CT molecular complexity index is 654. The Kier molecular flexibility index (Phi) is 5.76. The van der Waals surface area contributed by atoms with Gasteiger partial charge in [0.1, 0.15) is 0 Å². The van der Waals surface area contributed by atoms with Crippen molar-refractivity contribution in [3.8, 4) is 0 Å². The first-order valence-electron chi connectivity index (χ1n) is 7.71. The lowest BCUT2D eigenvalue weighted by Crippen LogP contribution is -2.24. The summed E-state index contributed by atoms with van der Waals surface area (Å²) >= 11 is 1.45. The number of thioether (sulfide) groups is 1. The number of hydrogen-bond donors (Lipinski definition) is 1. The molecule has 0 saturated carbocycles. The molecule has 2 heterocycles. The van der Waals surface area contributed by atoms with Gasteiger partial charge in [-0.3, -0.25) is 10.1 Å². The Morgan fingerprint density at radius 3 is 2.35 bits per heavy atom. The summed E-state index contributed by atoms with van der Waals surface area (Å²) in [6.45, 7) is 10.4. The molecule has 0 aliphatic heterocycles. The van der Waals surface area contributed by atoms with E-state index in [4.69, 9.17) is 0 Å². The number of nitrogens with one attached hydrogen (secondary N) is 1. The monoisotopic (exact) mass is 333 g/mol. The van der Waals surface area contributed by atoms with E-state index < -0.39 is 0 Å². The van der Waals surface area contributed by atoms with E-state index in [1.54, 1.807) is 18.5 Å². The van der Waals surface area contributed by atoms with E-state index in [9.17, 15) is 4.79 Å². The summed E-state index contributed by atoms with van der Waals surface area (Å²) in [6, 6.07) is 2.01. The van der Waals surface area contributed by atoms with Crippen LogP contribution in [0.3, 0.4) is 0 Å². The molecule has 0 aliphatic carbocycles. The number of carbonyl (C=O) groups excluding carboxylic acids is 1. The van der Waals surface area contributed by atoms with Crippen LogP contribution in [0.2, 0.25) is 0 Å². The van der Waals surface area contributed by atoms with E-state index >= 15 is 0 Å². The van der Waals surface area contributed by atoms with Crippen molar-refractivity contribution in [3.63, 3.8) is 0 Å². The summed E-state index contributed by atoms with van der Waals surface area (Å²) in [5.41, 5.74) is 1.18. The molecule has 0 unspecified atom stereocenters. The van der Waals surface area contributed by atoms with E-state index in [1.807, 2.05) is 13.1 Å². The van der Waals surface area contributed by atoms with Gasteiger partial charge in [0.25, 0.3) is 0 Å². The fourth-order valence-corrected chi connectivity index (χ4v) is 3.20. The maximum atomic E-state index is 12.3. The number of nitrogens with zero attached hydrogens (tertiary/aromatic N) is 4. The molecule has 2 rings (SSSR count). The van der Waals surface area contributed by atoms with Crippen LogP contribution in [0.25, 0.3) is 0 Å². The van der Waals surface area contributed by atoms with Crippen molar-refractivity contribution in [1.29, 1.82) is 0 Å². The third-order valence-electron chi connectivity index (χ3n) is 3.35. The van der Waals surface area contributed by atoms with Crippen LogP contribution in [0.5, 0.6) is 0 Å². The summed E-state index contributed by atoms with van der Waals surface area (Å²) in [5.74, 6) is 0.576. The maximum absolute atomic E-state index is 12.3. The first-order chi connectivity index (χ1) is 10.9. The normalized spacial score (nSPS) is 12.7. The van der Waals surface area contributed by atoms with Gasteiger partial charge in [-0.2, -0.15) is 0 Å². The highest BCUT2D eigenvalue weighted by Gasteiger charge is 2.21. The summed E-state index contributed by atoms with van der Waals surface area (Å²) in [7, 11) is 0. The van der Waals surface area contributed by atoms with Crippen LogP contribution in [0.15, 0.2) is 29.8 Å². The number of carbonyl (C=O) groups is 1. The van der Waals surface area contributed by atoms with Crippen LogP contribution in [0, 0.1) is 0 Å². The summed E-state index contributed by atoms with van der Waals surface area (Å²) in [4.78, 5) is 24.8. The lowest BCUT2D eigenvalue weighted by atomic mass is 10.1. The summed E-state index contributed by atoms with van der Waals surface area (Å²) < 4.78 is 2.19. The number of rotatable bonds is 6. The molecule has 0 aliphatic rings. The van der Waals surface area contributed by atoms with Gasteiger partial charge >= 0.3 is 0 Å². The second-order valence-corrected chi connectivity index (χ2v) is 7.21. The Morgan fingerprint density at radius 2 is 1.78 bits per heavy atom. The van der Waals surface area contributed by atoms with E-state index in [2.05, 4.69) is 52.5 Å². The minimum absolute atomic E-state index is 0.134. The second kappa shape index (κ2) is 7.59. The third-order valence-corrected chi connectivity index (χ3v) is 4.43. The average molecular weight is 333 g/mol. The molecule has 124 valence electrons. The fourth-order valence-electron chi connectivity index (χ4n) is 2.18. The molecular weight excluding hydrogens is 310 g/mol. The van der Waals surface area contributed by atoms with E-state index in [0.717, 1.165) is 5.16 Å². The van der Waals surface area contributed by atoms with Gasteiger partial charge < -0.3 is 4.57 Å². The number of amides is 1. The quantitative estimate of drug-likeness (QED) is 0.819. The minimum Gasteiger partial charge on any atom is -0.320 e. The van der Waals surface area contributed by atoms with E-state index in [-0.39, 0.29) is 11.2 Å². The van der Waals surface area contributed by atoms with Crippen LogP contribution >= 0.6 is 11.8 Å². The smallest absolute Gasteiger partial charge is 0.240 e. The van der Waals surface area contributed by atoms with Crippen molar-refractivity contribution in [2.45, 2.75) is 57.0 Å². The van der Waals surface area contributed by atoms with Crippen molar-refractivity contribution in [1.82, 2.24) is 19.5 Å². The standard InChI is InChI=1S/C16H23N5OS/c1-10(2)13-9-19-16(21(13)11(3)4)23-12(5)14(22)20-15-17-7-6-8-18-15/h6-12H,1-5H3,(H,17,18,20,22)/t12-/m1/s1. The van der Waals surface area contributed by atoms with E-state index in [0.29, 0.717) is 17.9 Å². The topological polar surface area (TPSA) is 72.7 Å². The molecule has 0 bridgehead atoms. The lowest BCUT2D eigenvalue weighted by molar-refractivity contribution is -0.115. The Hall–Kier alpha value is -1.89. The fraction of sp³-hybridized carbons (Fsp3) is 0.500. The Balaban J connectivity index is 2.11. The molecule has 0 aromatic carbocycles. The second-order valence-electron chi connectivity index (χ2n) is 5.91. The van der Waals surface area contributed by atoms with Crippen LogP contribution in [0.1, 0.15) is 52.3 Å². The SMILES string of the molecule is CC(C)c1cnc(S[C@H](C)C(=O)Nc2ncccn2)n1C(C)C. The highest BCUT2D eigenvalue weighted by Crippen LogP contribution is 2.29. The van der Waals surface area contributed by atoms with Crippen molar-refractivity contribution >= 4 is 23.6 Å². The van der Waals surface area contributed by atoms with Crippen molar-refractivity contribution in [2.75, 3.05) is 5.32 Å². The first-order valence-corrected chi connectivity index (χ1v) is 8.59. The van der Waals surface area contributed by atoms with Crippen LogP contribution in [0.4, 0.5) is 5.95 Å². The molecule has 0 fully saturated rings. The molecule has 1 atom stereocenters. The van der Waals surface area contributed by atoms with Gasteiger partial charge in [-0.1, -0.05) is 25.6 Å². The molecule has 6 nitrogen and oxygen atoms in total. The van der Waals surface area contributed by atoms with Gasteiger partial charge in [0.2, 0.25) is 11.9 Å². The zero-order valence-electron chi connectivity index (χ0n) is 14.1. The highest BCUT2D eigenvalue weighted by molar-refractivity contribution is 8.00. The number of anilines is 1. The molecule has 1 amide bonds. The van der Waals surface area contributed by atoms with E-state index in [1.165, 1.54) is 17.5 Å². The summed E-state index contributed by atoms with van der Waals surface area (Å²) in [5, 5.41) is 3.29. The largest absolute Gasteiger partial charge is 0.320 e. The van der Waals surface area contributed by atoms with Crippen molar-refractivity contribution in [2.24, 2.45) is 0 Å². The predicted molar refractivity (Wildman–Crippen MR) is 92.7 cm³/mol. The zero-order valence-corrected chi connectivity index (χ0v) is 15.0. The molecule has 2 aromatic rings. The highest BCUT2D eigenvalue weighted by atomic mass is 32.2. The van der Waals surface area contributed by atoms with Crippen LogP contribution in [-0.2, 0) is 4.79 Å². The zero-order chi connectivity index (χ0) is 17.0. The molecule has 1 N–H and O–H groups in total. The lowest BCUT2D eigenvalue weighted by Gasteiger charge is -2.18. The van der Waals surface area contributed by atoms with Crippen LogP contribution < -0.4 is 5.32 Å².